The fourth-order valence-electron chi connectivity index (χ4n) is 2.06. The van der Waals surface area contributed by atoms with E-state index in [9.17, 15) is 9.59 Å². The summed E-state index contributed by atoms with van der Waals surface area (Å²) in [5.74, 6) is -0.378. The summed E-state index contributed by atoms with van der Waals surface area (Å²) in [7, 11) is 1.57. The first-order valence-corrected chi connectivity index (χ1v) is 11.4. The van der Waals surface area contributed by atoms with Crippen LogP contribution in [0.3, 0.4) is 0 Å². The van der Waals surface area contributed by atoms with Gasteiger partial charge >= 0.3 is 0 Å². The van der Waals surface area contributed by atoms with E-state index in [0.717, 1.165) is 11.3 Å². The van der Waals surface area contributed by atoms with E-state index < -0.39 is 6.04 Å². The highest BCUT2D eigenvalue weighted by atomic mass is 32.2. The molecule has 0 radical (unpaired) electrons. The van der Waals surface area contributed by atoms with Gasteiger partial charge in [0, 0.05) is 12.0 Å². The van der Waals surface area contributed by atoms with Crippen molar-refractivity contribution in [2.24, 2.45) is 5.92 Å². The SMILES string of the molecule is CCC(C)C(NC(=O)COCC1=CSC(=C2SC=CS2)S1)C(=O)NC. The number of thioether (sulfide) groups is 4. The Hall–Kier alpha value is -0.480. The molecule has 0 spiro atoms. The van der Waals surface area contributed by atoms with Gasteiger partial charge in [0.25, 0.3) is 0 Å². The topological polar surface area (TPSA) is 67.4 Å². The van der Waals surface area contributed by atoms with Gasteiger partial charge in [-0.15, -0.1) is 0 Å². The molecule has 2 atom stereocenters. The number of carbonyl (C=O) groups is 2. The lowest BCUT2D eigenvalue weighted by atomic mass is 9.98. The number of hydrogen-bond acceptors (Lipinski definition) is 7. The van der Waals surface area contributed by atoms with Crippen molar-refractivity contribution in [2.75, 3.05) is 20.3 Å². The molecule has 2 amide bonds. The molecule has 0 aromatic rings. The van der Waals surface area contributed by atoms with Gasteiger partial charge in [0.05, 0.1) is 15.1 Å². The predicted molar refractivity (Wildman–Crippen MR) is 111 cm³/mol. The number of rotatable bonds is 8. The van der Waals surface area contributed by atoms with Gasteiger partial charge in [-0.2, -0.15) is 0 Å². The maximum atomic E-state index is 12.1. The van der Waals surface area contributed by atoms with E-state index >= 15 is 0 Å². The van der Waals surface area contributed by atoms with Crippen LogP contribution in [0.2, 0.25) is 0 Å². The standard InChI is InChI=1S/C16H22N2O3S4/c1-4-10(2)13(14(20)17-3)18-12(19)8-21-7-11-9-24-16(25-11)15-22-5-6-23-15/h5-6,9-10,13H,4,7-8H2,1-3H3,(H,17,20)(H,18,19). The van der Waals surface area contributed by atoms with Gasteiger partial charge in [0.1, 0.15) is 12.6 Å². The first kappa shape index (κ1) is 20.8. The summed E-state index contributed by atoms with van der Waals surface area (Å²) >= 11 is 6.85. The first-order valence-electron chi connectivity index (χ1n) is 7.90. The maximum Gasteiger partial charge on any atom is 0.246 e. The van der Waals surface area contributed by atoms with E-state index in [1.807, 2.05) is 13.8 Å². The van der Waals surface area contributed by atoms with Crippen LogP contribution in [0.15, 0.2) is 29.6 Å². The van der Waals surface area contributed by atoms with E-state index in [1.165, 1.54) is 8.47 Å². The molecule has 2 heterocycles. The zero-order chi connectivity index (χ0) is 18.2. The molecular weight excluding hydrogens is 396 g/mol. The van der Waals surface area contributed by atoms with E-state index in [4.69, 9.17) is 4.74 Å². The molecule has 0 aromatic carbocycles. The lowest BCUT2D eigenvalue weighted by Crippen LogP contribution is -2.50. The zero-order valence-corrected chi connectivity index (χ0v) is 17.6. The van der Waals surface area contributed by atoms with Gasteiger partial charge < -0.3 is 15.4 Å². The summed E-state index contributed by atoms with van der Waals surface area (Å²) in [4.78, 5) is 25.1. The molecule has 0 saturated carbocycles. The Labute approximate surface area is 165 Å². The smallest absolute Gasteiger partial charge is 0.246 e. The Kier molecular flexibility index (Phi) is 8.84. The van der Waals surface area contributed by atoms with E-state index in [2.05, 4.69) is 26.9 Å². The van der Waals surface area contributed by atoms with Crippen LogP contribution >= 0.6 is 47.0 Å². The number of nitrogens with one attached hydrogen (secondary N) is 2. The highest BCUT2D eigenvalue weighted by Gasteiger charge is 2.25. The minimum absolute atomic E-state index is 0.0521. The number of ether oxygens (including phenoxy) is 1. The van der Waals surface area contributed by atoms with E-state index in [1.54, 1.807) is 54.1 Å². The van der Waals surface area contributed by atoms with Crippen molar-refractivity contribution in [3.63, 3.8) is 0 Å². The largest absolute Gasteiger partial charge is 0.366 e. The molecule has 0 saturated heterocycles. The molecule has 2 unspecified atom stereocenters. The van der Waals surface area contributed by atoms with Crippen molar-refractivity contribution >= 4 is 58.9 Å². The van der Waals surface area contributed by atoms with Crippen molar-refractivity contribution in [3.8, 4) is 0 Å². The number of carbonyl (C=O) groups excluding carboxylic acids is 2. The molecule has 25 heavy (non-hydrogen) atoms. The molecule has 138 valence electrons. The second-order valence-electron chi connectivity index (χ2n) is 5.42. The number of hydrogen-bond donors (Lipinski definition) is 2. The predicted octanol–water partition coefficient (Wildman–Crippen LogP) is 3.68. The lowest BCUT2D eigenvalue weighted by Gasteiger charge is -2.22. The molecule has 2 aliphatic rings. The highest BCUT2D eigenvalue weighted by Crippen LogP contribution is 2.53. The van der Waals surface area contributed by atoms with Gasteiger partial charge in [-0.1, -0.05) is 67.3 Å². The average Bonchev–Trinajstić information content (AvgIpc) is 3.29. The van der Waals surface area contributed by atoms with Gasteiger partial charge in [0.2, 0.25) is 11.8 Å². The summed E-state index contributed by atoms with van der Waals surface area (Å²) in [6.45, 7) is 4.29. The van der Waals surface area contributed by atoms with Crippen molar-refractivity contribution in [3.05, 3.63) is 29.6 Å². The molecule has 0 fully saturated rings. The van der Waals surface area contributed by atoms with Crippen molar-refractivity contribution in [1.82, 2.24) is 10.6 Å². The molecular formula is C16H22N2O3S4. The van der Waals surface area contributed by atoms with Crippen molar-refractivity contribution < 1.29 is 14.3 Å². The lowest BCUT2D eigenvalue weighted by molar-refractivity contribution is -0.132. The number of amides is 2. The van der Waals surface area contributed by atoms with Crippen LogP contribution in [0, 0.1) is 5.92 Å². The summed E-state index contributed by atoms with van der Waals surface area (Å²) in [6.07, 6.45) is 0.808. The maximum absolute atomic E-state index is 12.1. The Balaban J connectivity index is 1.73. The first-order chi connectivity index (χ1) is 12.0. The Morgan fingerprint density at radius 1 is 1.20 bits per heavy atom. The van der Waals surface area contributed by atoms with Crippen LogP contribution in [0.1, 0.15) is 20.3 Å². The van der Waals surface area contributed by atoms with Gasteiger partial charge in [-0.25, -0.2) is 0 Å². The normalized spacial score (nSPS) is 18.9. The molecule has 0 aromatic heterocycles. The van der Waals surface area contributed by atoms with Crippen LogP contribution < -0.4 is 10.6 Å². The molecule has 2 aliphatic heterocycles. The monoisotopic (exact) mass is 418 g/mol. The zero-order valence-electron chi connectivity index (χ0n) is 14.4. The summed E-state index contributed by atoms with van der Waals surface area (Å²) in [5, 5.41) is 11.6. The van der Waals surface area contributed by atoms with Crippen molar-refractivity contribution in [2.45, 2.75) is 26.3 Å². The third kappa shape index (κ3) is 6.32. The highest BCUT2D eigenvalue weighted by molar-refractivity contribution is 8.33. The Morgan fingerprint density at radius 2 is 1.92 bits per heavy atom. The number of likely N-dealkylation sites (N-methyl/N-ethyl adjacent to an activating group) is 1. The van der Waals surface area contributed by atoms with Gasteiger partial charge in [0.15, 0.2) is 0 Å². The molecule has 2 rings (SSSR count). The third-order valence-electron chi connectivity index (χ3n) is 3.63. The fourth-order valence-corrected chi connectivity index (χ4v) is 6.48. The van der Waals surface area contributed by atoms with Gasteiger partial charge in [-0.05, 0) is 22.1 Å². The second-order valence-corrected chi connectivity index (χ2v) is 9.79. The molecule has 0 aliphatic carbocycles. The quantitative estimate of drug-likeness (QED) is 0.623. The van der Waals surface area contributed by atoms with Crippen LogP contribution in [0.25, 0.3) is 0 Å². The van der Waals surface area contributed by atoms with Crippen LogP contribution in [0.4, 0.5) is 0 Å². The minimum atomic E-state index is -0.526. The fraction of sp³-hybridized carbons (Fsp3) is 0.500. The average molecular weight is 419 g/mol. The Bertz CT molecular complexity index is 594. The molecule has 0 bridgehead atoms. The van der Waals surface area contributed by atoms with Crippen LogP contribution in [-0.4, -0.2) is 38.1 Å². The van der Waals surface area contributed by atoms with E-state index in [-0.39, 0.29) is 24.3 Å². The summed E-state index contributed by atoms with van der Waals surface area (Å²) in [6, 6.07) is -0.526. The Morgan fingerprint density at radius 3 is 2.56 bits per heavy atom. The van der Waals surface area contributed by atoms with Crippen molar-refractivity contribution in [1.29, 1.82) is 0 Å². The van der Waals surface area contributed by atoms with Gasteiger partial charge in [-0.3, -0.25) is 9.59 Å². The molecule has 2 N–H and O–H groups in total. The second kappa shape index (κ2) is 10.6. The van der Waals surface area contributed by atoms with E-state index in [0.29, 0.717) is 6.61 Å². The molecule has 9 heteroatoms. The third-order valence-corrected chi connectivity index (χ3v) is 8.67. The minimum Gasteiger partial charge on any atom is -0.366 e. The summed E-state index contributed by atoms with van der Waals surface area (Å²) in [5.41, 5.74) is 0. The van der Waals surface area contributed by atoms with Crippen LogP contribution in [0.5, 0.6) is 0 Å². The summed E-state index contributed by atoms with van der Waals surface area (Å²) < 4.78 is 8.08. The molecule has 5 nitrogen and oxygen atoms in total. The van der Waals surface area contributed by atoms with Crippen LogP contribution in [-0.2, 0) is 14.3 Å².